The predicted molar refractivity (Wildman–Crippen MR) is 128 cm³/mol. The van der Waals surface area contributed by atoms with E-state index < -0.39 is 12.0 Å². The number of rotatable bonds is 7. The van der Waals surface area contributed by atoms with Gasteiger partial charge in [0, 0.05) is 17.7 Å². The molecule has 0 radical (unpaired) electrons. The van der Waals surface area contributed by atoms with Gasteiger partial charge in [-0.1, -0.05) is 53.6 Å². The van der Waals surface area contributed by atoms with Gasteiger partial charge in [-0.05, 0) is 44.0 Å². The number of carboxylic acids is 1. The van der Waals surface area contributed by atoms with E-state index in [0.717, 1.165) is 54.3 Å². The molecule has 10 heteroatoms. The Bertz CT molecular complexity index is 1190. The summed E-state index contributed by atoms with van der Waals surface area (Å²) in [6.07, 6.45) is 5.43. The van der Waals surface area contributed by atoms with Crippen molar-refractivity contribution in [1.82, 2.24) is 9.97 Å². The molecule has 33 heavy (non-hydrogen) atoms. The molecule has 170 valence electrons. The van der Waals surface area contributed by atoms with Crippen LogP contribution in [0.15, 0.2) is 51.8 Å². The molecule has 1 saturated carbocycles. The minimum atomic E-state index is -1.19. The van der Waals surface area contributed by atoms with E-state index in [9.17, 15) is 19.5 Å². The second kappa shape index (κ2) is 10.1. The molecule has 8 nitrogen and oxygen atoms in total. The third-order valence-electron chi connectivity index (χ3n) is 5.27. The average Bonchev–Trinajstić information content (AvgIpc) is 3.46. The Hall–Kier alpha value is -3.24. The number of urea groups is 1. The maximum Gasteiger partial charge on any atom is 0.356 e. The lowest BCUT2D eigenvalue weighted by atomic mass is 9.94. The van der Waals surface area contributed by atoms with Gasteiger partial charge >= 0.3 is 12.0 Å². The molecule has 0 unspecified atom stereocenters. The maximum atomic E-state index is 13.0. The van der Waals surface area contributed by atoms with Crippen LogP contribution in [0.5, 0.6) is 0 Å². The first kappa shape index (κ1) is 22.9. The first-order valence-electron chi connectivity index (χ1n) is 10.5. The Morgan fingerprint density at radius 3 is 2.61 bits per heavy atom. The Morgan fingerprint density at radius 1 is 1.12 bits per heavy atom. The summed E-state index contributed by atoms with van der Waals surface area (Å²) < 4.78 is 0.406. The number of hydrogen-bond donors (Lipinski definition) is 3. The smallest absolute Gasteiger partial charge is 0.356 e. The Labute approximate surface area is 198 Å². The Morgan fingerprint density at radius 2 is 1.91 bits per heavy atom. The number of carbonyl (C=O) groups is 3. The molecule has 1 aromatic carbocycles. The van der Waals surface area contributed by atoms with Crippen LogP contribution in [-0.4, -0.2) is 32.9 Å². The number of pyridine rings is 1. The number of amides is 2. The number of aromatic nitrogens is 2. The summed E-state index contributed by atoms with van der Waals surface area (Å²) in [5.41, 5.74) is 1.70. The van der Waals surface area contributed by atoms with Crippen LogP contribution >= 0.6 is 23.1 Å². The fraction of sp³-hybridized carbons (Fsp3) is 0.261. The Balaban J connectivity index is 1.51. The molecule has 3 N–H and O–H groups in total. The molecular formula is C23H22N4O4S2. The molecular weight excluding hydrogens is 460 g/mol. The topological polar surface area (TPSA) is 121 Å². The van der Waals surface area contributed by atoms with Crippen molar-refractivity contribution in [3.8, 4) is 0 Å². The van der Waals surface area contributed by atoms with E-state index in [1.54, 1.807) is 36.5 Å². The molecule has 2 heterocycles. The van der Waals surface area contributed by atoms with Crippen LogP contribution in [0.25, 0.3) is 0 Å². The average molecular weight is 483 g/mol. The number of Topliss-reactive ketones (excluding diaryl/α,β-unsaturated/α-hetero) is 1. The zero-order valence-electron chi connectivity index (χ0n) is 17.8. The largest absolute Gasteiger partial charge is 0.476 e. The maximum absolute atomic E-state index is 13.0. The first-order valence-corrected chi connectivity index (χ1v) is 12.1. The summed E-state index contributed by atoms with van der Waals surface area (Å²) in [6, 6.07) is 10.1. The summed E-state index contributed by atoms with van der Waals surface area (Å²) >= 11 is 2.21. The lowest BCUT2D eigenvalue weighted by Crippen LogP contribution is -2.22. The minimum absolute atomic E-state index is 0.0151. The van der Waals surface area contributed by atoms with Gasteiger partial charge in [0.1, 0.15) is 9.24 Å². The van der Waals surface area contributed by atoms with Gasteiger partial charge in [0.2, 0.25) is 0 Å². The number of nitrogens with zero attached hydrogens (tertiary/aromatic N) is 2. The van der Waals surface area contributed by atoms with E-state index in [1.807, 2.05) is 13.0 Å². The van der Waals surface area contributed by atoms with Gasteiger partial charge in [-0.25, -0.2) is 19.6 Å². The predicted octanol–water partition coefficient (Wildman–Crippen LogP) is 5.71. The summed E-state index contributed by atoms with van der Waals surface area (Å²) in [4.78, 5) is 45.5. The molecule has 0 bridgehead atoms. The van der Waals surface area contributed by atoms with Crippen molar-refractivity contribution in [2.45, 2.75) is 41.8 Å². The molecule has 0 aliphatic heterocycles. The second-order valence-corrected chi connectivity index (χ2v) is 9.99. The third-order valence-corrected chi connectivity index (χ3v) is 7.36. The monoisotopic (exact) mass is 482 g/mol. The number of nitrogens with one attached hydrogen (secondary N) is 2. The Kier molecular flexibility index (Phi) is 7.05. The number of thiazole rings is 1. The van der Waals surface area contributed by atoms with Crippen molar-refractivity contribution in [3.63, 3.8) is 0 Å². The fourth-order valence-electron chi connectivity index (χ4n) is 3.70. The van der Waals surface area contributed by atoms with E-state index >= 15 is 0 Å². The lowest BCUT2D eigenvalue weighted by Gasteiger charge is -2.14. The molecule has 2 amide bonds. The van der Waals surface area contributed by atoms with Crippen LogP contribution in [-0.2, 0) is 0 Å². The zero-order valence-corrected chi connectivity index (χ0v) is 19.5. The number of anilines is 2. The summed E-state index contributed by atoms with van der Waals surface area (Å²) in [5, 5.41) is 15.6. The normalized spacial score (nSPS) is 13.6. The van der Waals surface area contributed by atoms with Gasteiger partial charge in [-0.15, -0.1) is 0 Å². The van der Waals surface area contributed by atoms with Gasteiger partial charge < -0.3 is 10.4 Å². The van der Waals surface area contributed by atoms with E-state index in [0.29, 0.717) is 20.5 Å². The number of hydrogen-bond acceptors (Lipinski definition) is 7. The van der Waals surface area contributed by atoms with Gasteiger partial charge in [-0.3, -0.25) is 10.1 Å². The van der Waals surface area contributed by atoms with Crippen LogP contribution in [0.3, 0.4) is 0 Å². The van der Waals surface area contributed by atoms with Gasteiger partial charge in [0.15, 0.2) is 16.6 Å². The van der Waals surface area contributed by atoms with Gasteiger partial charge in [0.05, 0.1) is 5.69 Å². The van der Waals surface area contributed by atoms with Crippen LogP contribution < -0.4 is 10.6 Å². The highest BCUT2D eigenvalue weighted by molar-refractivity contribution is 8.01. The zero-order chi connectivity index (χ0) is 23.4. The van der Waals surface area contributed by atoms with E-state index in [-0.39, 0.29) is 22.5 Å². The summed E-state index contributed by atoms with van der Waals surface area (Å²) in [6.45, 7) is 1.90. The molecule has 0 saturated heterocycles. The minimum Gasteiger partial charge on any atom is -0.476 e. The molecule has 2 aromatic heterocycles. The van der Waals surface area contributed by atoms with Crippen molar-refractivity contribution in [1.29, 1.82) is 0 Å². The molecule has 0 spiro atoms. The SMILES string of the molecule is Cc1ccc(NC(=O)Nc2nc(C(=O)O)c(Sc3ccccn3)s2)c(C(=O)C2CCCC2)c1. The number of benzene rings is 1. The number of carbonyl (C=O) groups excluding carboxylic acids is 2. The molecule has 1 aliphatic carbocycles. The highest BCUT2D eigenvalue weighted by Gasteiger charge is 2.26. The summed E-state index contributed by atoms with van der Waals surface area (Å²) in [7, 11) is 0. The van der Waals surface area contributed by atoms with E-state index in [4.69, 9.17) is 0 Å². The van der Waals surface area contributed by atoms with E-state index in [1.165, 1.54) is 0 Å². The van der Waals surface area contributed by atoms with Crippen molar-refractivity contribution in [2.75, 3.05) is 10.6 Å². The van der Waals surface area contributed by atoms with Crippen LogP contribution in [0.1, 0.15) is 52.1 Å². The van der Waals surface area contributed by atoms with Gasteiger partial charge in [0.25, 0.3) is 0 Å². The van der Waals surface area contributed by atoms with Crippen LogP contribution in [0, 0.1) is 12.8 Å². The van der Waals surface area contributed by atoms with Crippen molar-refractivity contribution >= 4 is 51.7 Å². The quantitative estimate of drug-likeness (QED) is 0.369. The highest BCUT2D eigenvalue weighted by atomic mass is 32.2. The van der Waals surface area contributed by atoms with Crippen molar-refractivity contribution < 1.29 is 19.5 Å². The number of ketones is 1. The third kappa shape index (κ3) is 5.58. The molecule has 3 aromatic rings. The molecule has 1 fully saturated rings. The van der Waals surface area contributed by atoms with Crippen molar-refractivity contribution in [2.24, 2.45) is 5.92 Å². The van der Waals surface area contributed by atoms with Crippen LogP contribution in [0.4, 0.5) is 15.6 Å². The standard InChI is InChI=1S/C23H22N4O4S2/c1-13-9-10-16(15(12-13)19(28)14-6-2-3-7-14)25-22(31)27-23-26-18(20(29)30)21(33-23)32-17-8-4-5-11-24-17/h4-5,8-12,14H,2-3,6-7H2,1H3,(H,29,30)(H2,25,26,27,31). The molecule has 4 rings (SSSR count). The van der Waals surface area contributed by atoms with Gasteiger partial charge in [-0.2, -0.15) is 0 Å². The highest BCUT2D eigenvalue weighted by Crippen LogP contribution is 2.36. The second-order valence-electron chi connectivity index (χ2n) is 7.70. The molecule has 0 atom stereocenters. The number of aryl methyl sites for hydroxylation is 1. The fourth-order valence-corrected chi connectivity index (χ4v) is 5.72. The first-order chi connectivity index (χ1) is 15.9. The summed E-state index contributed by atoms with van der Waals surface area (Å²) in [5.74, 6) is -1.16. The lowest BCUT2D eigenvalue weighted by molar-refractivity contribution is 0.0687. The molecule has 1 aliphatic rings. The number of carboxylic acid groups (broad SMARTS) is 1. The van der Waals surface area contributed by atoms with Crippen molar-refractivity contribution in [3.05, 3.63) is 59.4 Å². The van der Waals surface area contributed by atoms with E-state index in [2.05, 4.69) is 20.6 Å². The number of aromatic carboxylic acids is 1. The van der Waals surface area contributed by atoms with Crippen LogP contribution in [0.2, 0.25) is 0 Å².